The number of piperidine rings is 1. The van der Waals surface area contributed by atoms with E-state index >= 15 is 0 Å². The summed E-state index contributed by atoms with van der Waals surface area (Å²) in [5.74, 6) is 0.164. The first kappa shape index (κ1) is 19.3. The minimum Gasteiger partial charge on any atom is -0.469 e. The third-order valence-corrected chi connectivity index (χ3v) is 4.47. The normalized spacial score (nSPS) is 15.8. The fourth-order valence-corrected chi connectivity index (χ4v) is 3.05. The molecular weight excluding hydrogens is 318 g/mol. The van der Waals surface area contributed by atoms with Crippen LogP contribution >= 0.6 is 0 Å². The highest BCUT2D eigenvalue weighted by molar-refractivity contribution is 5.90. The molecule has 0 aromatic heterocycles. The van der Waals surface area contributed by atoms with Gasteiger partial charge in [-0.25, -0.2) is 4.79 Å². The van der Waals surface area contributed by atoms with Crippen molar-refractivity contribution in [2.24, 2.45) is 5.92 Å². The Hall–Kier alpha value is -2.04. The molecule has 138 valence electrons. The quantitative estimate of drug-likeness (QED) is 0.758. The van der Waals surface area contributed by atoms with Crippen LogP contribution in [0.5, 0.6) is 0 Å². The van der Waals surface area contributed by atoms with Gasteiger partial charge in [0.05, 0.1) is 12.7 Å². The van der Waals surface area contributed by atoms with Crippen molar-refractivity contribution in [2.45, 2.75) is 52.1 Å². The molecule has 25 heavy (non-hydrogen) atoms. The number of nitrogens with zero attached hydrogens (tertiary/aromatic N) is 1. The summed E-state index contributed by atoms with van der Waals surface area (Å²) >= 11 is 0. The second-order valence-electron chi connectivity index (χ2n) is 7.59. The number of methoxy groups -OCH3 is 1. The van der Waals surface area contributed by atoms with Crippen molar-refractivity contribution in [3.05, 3.63) is 29.8 Å². The van der Waals surface area contributed by atoms with Crippen LogP contribution in [0.25, 0.3) is 0 Å². The number of hydrogen-bond donors (Lipinski definition) is 0. The number of esters is 2. The summed E-state index contributed by atoms with van der Waals surface area (Å²) in [6, 6.07) is 7.61. The van der Waals surface area contributed by atoms with Gasteiger partial charge in [0, 0.05) is 25.2 Å². The van der Waals surface area contributed by atoms with Crippen molar-refractivity contribution < 1.29 is 19.1 Å². The molecule has 1 heterocycles. The average Bonchev–Trinajstić information content (AvgIpc) is 2.59. The smallest absolute Gasteiger partial charge is 0.338 e. The summed E-state index contributed by atoms with van der Waals surface area (Å²) in [5, 5.41) is 0. The first-order valence-corrected chi connectivity index (χ1v) is 8.93. The standard InChI is InChI=1S/C20H29NO4/c1-20(2,3)25-19(23)16-6-8-17(9-7-16)21-13-11-15(12-14-21)5-10-18(22)24-4/h6-9,15H,5,10-14H2,1-4H3. The third kappa shape index (κ3) is 6.07. The van der Waals surface area contributed by atoms with E-state index in [1.54, 1.807) is 0 Å². The Balaban J connectivity index is 1.85. The number of hydrogen-bond acceptors (Lipinski definition) is 5. The lowest BCUT2D eigenvalue weighted by Crippen LogP contribution is -2.33. The van der Waals surface area contributed by atoms with Crippen LogP contribution in [0.2, 0.25) is 0 Å². The third-order valence-electron chi connectivity index (χ3n) is 4.47. The monoisotopic (exact) mass is 347 g/mol. The molecule has 0 atom stereocenters. The van der Waals surface area contributed by atoms with Crippen LogP contribution in [0.15, 0.2) is 24.3 Å². The van der Waals surface area contributed by atoms with Gasteiger partial charge < -0.3 is 14.4 Å². The van der Waals surface area contributed by atoms with Crippen molar-refractivity contribution in [1.82, 2.24) is 0 Å². The highest BCUT2D eigenvalue weighted by Crippen LogP contribution is 2.26. The van der Waals surface area contributed by atoms with E-state index in [0.717, 1.165) is 38.0 Å². The summed E-state index contributed by atoms with van der Waals surface area (Å²) < 4.78 is 10.1. The van der Waals surface area contributed by atoms with Gasteiger partial charge in [0.2, 0.25) is 0 Å². The molecule has 1 aliphatic heterocycles. The summed E-state index contributed by atoms with van der Waals surface area (Å²) in [6.07, 6.45) is 3.56. The van der Waals surface area contributed by atoms with Gasteiger partial charge in [-0.2, -0.15) is 0 Å². The van der Waals surface area contributed by atoms with Gasteiger partial charge in [0.1, 0.15) is 5.60 Å². The van der Waals surface area contributed by atoms with E-state index in [1.165, 1.54) is 7.11 Å². The van der Waals surface area contributed by atoms with Gasteiger partial charge in [-0.15, -0.1) is 0 Å². The zero-order chi connectivity index (χ0) is 18.4. The van der Waals surface area contributed by atoms with E-state index in [2.05, 4.69) is 4.90 Å². The number of rotatable bonds is 5. The van der Waals surface area contributed by atoms with Crippen molar-refractivity contribution >= 4 is 17.6 Å². The van der Waals surface area contributed by atoms with Crippen LogP contribution in [-0.4, -0.2) is 37.7 Å². The number of ether oxygens (including phenoxy) is 2. The molecule has 1 aliphatic rings. The number of anilines is 1. The Morgan fingerprint density at radius 1 is 1.12 bits per heavy atom. The minimum absolute atomic E-state index is 0.125. The number of carbonyl (C=O) groups excluding carboxylic acids is 2. The van der Waals surface area contributed by atoms with Crippen LogP contribution in [0.3, 0.4) is 0 Å². The predicted octanol–water partition coefficient (Wildman–Crippen LogP) is 3.81. The van der Waals surface area contributed by atoms with E-state index in [-0.39, 0.29) is 11.9 Å². The van der Waals surface area contributed by atoms with Gasteiger partial charge in [0.25, 0.3) is 0 Å². The Kier molecular flexibility index (Phi) is 6.45. The van der Waals surface area contributed by atoms with Crippen molar-refractivity contribution in [2.75, 3.05) is 25.1 Å². The molecule has 5 heteroatoms. The number of carbonyl (C=O) groups is 2. The lowest BCUT2D eigenvalue weighted by Gasteiger charge is -2.33. The van der Waals surface area contributed by atoms with Crippen molar-refractivity contribution in [3.63, 3.8) is 0 Å². The summed E-state index contributed by atoms with van der Waals surface area (Å²) in [4.78, 5) is 25.6. The van der Waals surface area contributed by atoms with Crippen LogP contribution < -0.4 is 4.90 Å². The molecule has 0 bridgehead atoms. The predicted molar refractivity (Wildman–Crippen MR) is 97.8 cm³/mol. The molecule has 5 nitrogen and oxygen atoms in total. The topological polar surface area (TPSA) is 55.8 Å². The summed E-state index contributed by atoms with van der Waals surface area (Å²) in [7, 11) is 1.44. The Bertz CT molecular complexity index is 581. The van der Waals surface area contributed by atoms with Crippen molar-refractivity contribution in [1.29, 1.82) is 0 Å². The largest absolute Gasteiger partial charge is 0.469 e. The summed E-state index contributed by atoms with van der Waals surface area (Å²) in [6.45, 7) is 7.53. The molecule has 0 N–H and O–H groups in total. The molecule has 2 rings (SSSR count). The van der Waals surface area contributed by atoms with Crippen molar-refractivity contribution in [3.8, 4) is 0 Å². The average molecular weight is 347 g/mol. The maximum absolute atomic E-state index is 12.1. The molecule has 1 saturated heterocycles. The minimum atomic E-state index is -0.484. The molecule has 0 aliphatic carbocycles. The van der Waals surface area contributed by atoms with Gasteiger partial charge >= 0.3 is 11.9 Å². The SMILES string of the molecule is COC(=O)CCC1CCN(c2ccc(C(=O)OC(C)(C)C)cc2)CC1. The van der Waals surface area contributed by atoms with Gasteiger partial charge in [-0.05, 0) is 70.2 Å². The van der Waals surface area contributed by atoms with E-state index < -0.39 is 5.60 Å². The second-order valence-corrected chi connectivity index (χ2v) is 7.59. The fourth-order valence-electron chi connectivity index (χ4n) is 3.05. The Morgan fingerprint density at radius 2 is 1.72 bits per heavy atom. The van der Waals surface area contributed by atoms with Crippen LogP contribution in [0, 0.1) is 5.92 Å². The molecule has 0 amide bonds. The maximum atomic E-state index is 12.1. The second kappa shape index (κ2) is 8.37. The molecule has 1 fully saturated rings. The van der Waals surface area contributed by atoms with Gasteiger partial charge in [0.15, 0.2) is 0 Å². The van der Waals surface area contributed by atoms with E-state index in [4.69, 9.17) is 9.47 Å². The summed E-state index contributed by atoms with van der Waals surface area (Å²) in [5.41, 5.74) is 1.22. The number of benzene rings is 1. The highest BCUT2D eigenvalue weighted by atomic mass is 16.6. The zero-order valence-corrected chi connectivity index (χ0v) is 15.7. The first-order chi connectivity index (χ1) is 11.8. The van der Waals surface area contributed by atoms with E-state index in [9.17, 15) is 9.59 Å². The molecule has 0 spiro atoms. The molecular formula is C20H29NO4. The molecule has 0 saturated carbocycles. The lowest BCUT2D eigenvalue weighted by molar-refractivity contribution is -0.141. The van der Waals surface area contributed by atoms with Crippen LogP contribution in [0.1, 0.15) is 56.8 Å². The maximum Gasteiger partial charge on any atom is 0.338 e. The van der Waals surface area contributed by atoms with Gasteiger partial charge in [-0.3, -0.25) is 4.79 Å². The lowest BCUT2D eigenvalue weighted by atomic mass is 9.92. The molecule has 0 radical (unpaired) electrons. The fraction of sp³-hybridized carbons (Fsp3) is 0.600. The van der Waals surface area contributed by atoms with E-state index in [1.807, 2.05) is 45.0 Å². The van der Waals surface area contributed by atoms with Crippen LogP contribution in [-0.2, 0) is 14.3 Å². The van der Waals surface area contributed by atoms with Crippen LogP contribution in [0.4, 0.5) is 5.69 Å². The highest BCUT2D eigenvalue weighted by Gasteiger charge is 2.21. The zero-order valence-electron chi connectivity index (χ0n) is 15.7. The Morgan fingerprint density at radius 3 is 2.24 bits per heavy atom. The Labute approximate surface area is 150 Å². The molecule has 0 unspecified atom stereocenters. The molecule has 1 aromatic rings. The molecule has 1 aromatic carbocycles. The first-order valence-electron chi connectivity index (χ1n) is 8.93. The van der Waals surface area contributed by atoms with Gasteiger partial charge in [-0.1, -0.05) is 0 Å². The van der Waals surface area contributed by atoms with E-state index in [0.29, 0.717) is 17.9 Å².